The lowest BCUT2D eigenvalue weighted by Crippen LogP contribution is -2.42. The quantitative estimate of drug-likeness (QED) is 0.202. The van der Waals surface area contributed by atoms with Crippen LogP contribution in [0.2, 0.25) is 6.04 Å². The molecule has 0 saturated carbocycles. The molecule has 0 aromatic heterocycles. The summed E-state index contributed by atoms with van der Waals surface area (Å²) in [6, 6.07) is 3.96. The molecule has 0 radical (unpaired) electrons. The fourth-order valence-corrected chi connectivity index (χ4v) is 4.46. The molecule has 0 amide bonds. The van der Waals surface area contributed by atoms with Gasteiger partial charge in [0.15, 0.2) is 5.75 Å². The summed E-state index contributed by atoms with van der Waals surface area (Å²) in [5, 5.41) is 11.5. The van der Waals surface area contributed by atoms with Crippen LogP contribution in [0.5, 0.6) is 11.5 Å². The molecule has 1 aromatic rings. The molecule has 27 heavy (non-hydrogen) atoms. The van der Waals surface area contributed by atoms with Crippen molar-refractivity contribution in [2.45, 2.75) is 32.4 Å². The lowest BCUT2D eigenvalue weighted by atomic mass is 10.1. The molecule has 0 bridgehead atoms. The van der Waals surface area contributed by atoms with Crippen LogP contribution >= 0.6 is 0 Å². The lowest BCUT2D eigenvalue weighted by Gasteiger charge is -2.24. The number of hydrogen-bond donors (Lipinski definition) is 0. The number of nitro benzene ring substituents is 1. The van der Waals surface area contributed by atoms with Crippen molar-refractivity contribution in [3.8, 4) is 11.5 Å². The molecule has 0 aliphatic heterocycles. The van der Waals surface area contributed by atoms with Crippen LogP contribution in [0.1, 0.15) is 25.3 Å². The molecule has 10 heteroatoms. The zero-order valence-electron chi connectivity index (χ0n) is 16.6. The molecule has 0 spiro atoms. The van der Waals surface area contributed by atoms with E-state index in [1.165, 1.54) is 7.11 Å². The number of hydrogen-bond acceptors (Lipinski definition) is 8. The maximum Gasteiger partial charge on any atom is 0.500 e. The smallest absolute Gasteiger partial charge is 0.490 e. The summed E-state index contributed by atoms with van der Waals surface area (Å²) in [6.45, 7) is 2.75. The van der Waals surface area contributed by atoms with E-state index in [1.807, 2.05) is 0 Å². The van der Waals surface area contributed by atoms with Crippen molar-refractivity contribution < 1.29 is 32.4 Å². The van der Waals surface area contributed by atoms with E-state index in [4.69, 9.17) is 27.5 Å². The Hall–Kier alpha value is -1.72. The number of nitrogens with zero attached hydrogens (tertiary/aromatic N) is 1. The molecule has 0 fully saturated rings. The van der Waals surface area contributed by atoms with Gasteiger partial charge in [-0.3, -0.25) is 10.1 Å². The second kappa shape index (κ2) is 11.9. The van der Waals surface area contributed by atoms with E-state index < -0.39 is 13.7 Å². The highest BCUT2D eigenvalue weighted by Crippen LogP contribution is 2.39. The molecule has 1 rings (SSSR count). The summed E-state index contributed by atoms with van der Waals surface area (Å²) < 4.78 is 32.3. The number of methoxy groups -OCH3 is 1. The molecule has 0 N–H and O–H groups in total. The number of rotatable bonds is 14. The molecular formula is C17H29NO8Si. The number of ether oxygens (including phenoxy) is 3. The van der Waals surface area contributed by atoms with Gasteiger partial charge in [-0.15, -0.1) is 0 Å². The zero-order chi connectivity index (χ0) is 20.3. The van der Waals surface area contributed by atoms with Crippen molar-refractivity contribution in [2.75, 3.05) is 41.7 Å². The third-order valence-electron chi connectivity index (χ3n) is 4.08. The summed E-state index contributed by atoms with van der Waals surface area (Å²) in [4.78, 5) is 11.0. The van der Waals surface area contributed by atoms with Gasteiger partial charge in [0.25, 0.3) is 0 Å². The van der Waals surface area contributed by atoms with Gasteiger partial charge in [-0.2, -0.15) is 0 Å². The average Bonchev–Trinajstić information content (AvgIpc) is 2.68. The Morgan fingerprint density at radius 3 is 2.26 bits per heavy atom. The topological polar surface area (TPSA) is 98.5 Å². The molecule has 154 valence electrons. The second-order valence-electron chi connectivity index (χ2n) is 5.60. The van der Waals surface area contributed by atoms with Gasteiger partial charge in [-0.25, -0.2) is 0 Å². The maximum atomic E-state index is 11.5. The maximum absolute atomic E-state index is 11.5. The van der Waals surface area contributed by atoms with E-state index >= 15 is 0 Å². The second-order valence-corrected chi connectivity index (χ2v) is 8.69. The Morgan fingerprint density at radius 2 is 1.74 bits per heavy atom. The minimum absolute atomic E-state index is 0.110. The summed E-state index contributed by atoms with van der Waals surface area (Å²) in [5.41, 5.74) is 0.308. The number of unbranched alkanes of at least 4 members (excludes halogenated alkanes) is 1. The summed E-state index contributed by atoms with van der Waals surface area (Å²) >= 11 is 0. The van der Waals surface area contributed by atoms with Crippen molar-refractivity contribution in [2.24, 2.45) is 0 Å². The first-order valence-electron chi connectivity index (χ1n) is 8.68. The van der Waals surface area contributed by atoms with Gasteiger partial charge in [-0.05, 0) is 31.9 Å². The summed E-state index contributed by atoms with van der Waals surface area (Å²) in [7, 11) is 3.55. The highest BCUT2D eigenvalue weighted by atomic mass is 28.4. The average molecular weight is 404 g/mol. The standard InChI is InChI=1S/C17H29NO8Si/c1-6-26-15-10-9-14(16(18(19)20)17(15)21-2)13-25-11-7-8-12-27(22-3,23-4)24-5/h9-10H,6-8,11-13H2,1-5H3. The van der Waals surface area contributed by atoms with Gasteiger partial charge in [0.1, 0.15) is 0 Å². The van der Waals surface area contributed by atoms with Crippen molar-refractivity contribution in [1.82, 2.24) is 0 Å². The van der Waals surface area contributed by atoms with Crippen LogP contribution in [0.3, 0.4) is 0 Å². The summed E-state index contributed by atoms with van der Waals surface area (Å²) in [5.74, 6) is 0.453. The fraction of sp³-hybridized carbons (Fsp3) is 0.647. The van der Waals surface area contributed by atoms with Crippen LogP contribution in [0.15, 0.2) is 12.1 Å². The number of benzene rings is 1. The molecule has 9 nitrogen and oxygen atoms in total. The largest absolute Gasteiger partial charge is 0.500 e. The molecule has 0 saturated heterocycles. The Morgan fingerprint density at radius 1 is 1.07 bits per heavy atom. The lowest BCUT2D eigenvalue weighted by molar-refractivity contribution is -0.386. The van der Waals surface area contributed by atoms with E-state index in [1.54, 1.807) is 40.4 Å². The SMILES string of the molecule is CCOc1ccc(COCCCC[Si](OC)(OC)OC)c([N+](=O)[O-])c1OC. The van der Waals surface area contributed by atoms with E-state index in [0.29, 0.717) is 30.6 Å². The zero-order valence-corrected chi connectivity index (χ0v) is 17.6. The van der Waals surface area contributed by atoms with Crippen LogP contribution in [0, 0.1) is 10.1 Å². The third kappa shape index (κ3) is 6.43. The monoisotopic (exact) mass is 403 g/mol. The van der Waals surface area contributed by atoms with Gasteiger partial charge in [0.05, 0.1) is 30.8 Å². The first kappa shape index (κ1) is 23.3. The van der Waals surface area contributed by atoms with Gasteiger partial charge in [-0.1, -0.05) is 0 Å². The Labute approximate surface area is 161 Å². The minimum atomic E-state index is -2.57. The number of nitro groups is 1. The van der Waals surface area contributed by atoms with Crippen LogP contribution in [0.25, 0.3) is 0 Å². The van der Waals surface area contributed by atoms with Gasteiger partial charge >= 0.3 is 14.5 Å². The molecule has 0 heterocycles. The molecule has 1 aromatic carbocycles. The molecule has 0 atom stereocenters. The highest BCUT2D eigenvalue weighted by Gasteiger charge is 2.36. The predicted molar refractivity (Wildman–Crippen MR) is 101 cm³/mol. The first-order valence-corrected chi connectivity index (χ1v) is 10.6. The third-order valence-corrected chi connectivity index (χ3v) is 6.91. The first-order chi connectivity index (χ1) is 13.0. The van der Waals surface area contributed by atoms with Gasteiger partial charge in [0, 0.05) is 34.0 Å². The fourth-order valence-electron chi connectivity index (χ4n) is 2.66. The highest BCUT2D eigenvalue weighted by molar-refractivity contribution is 6.60. The van der Waals surface area contributed by atoms with Gasteiger partial charge in [0.2, 0.25) is 5.75 Å². The molecule has 0 unspecified atom stereocenters. The van der Waals surface area contributed by atoms with E-state index in [0.717, 1.165) is 12.8 Å². The molecule has 0 aliphatic rings. The van der Waals surface area contributed by atoms with Crippen molar-refractivity contribution in [3.63, 3.8) is 0 Å². The van der Waals surface area contributed by atoms with Gasteiger partial charge < -0.3 is 27.5 Å². The normalized spacial score (nSPS) is 11.4. The van der Waals surface area contributed by atoms with Crippen LogP contribution in [0.4, 0.5) is 5.69 Å². The summed E-state index contributed by atoms with van der Waals surface area (Å²) in [6.07, 6.45) is 1.56. The van der Waals surface area contributed by atoms with E-state index in [9.17, 15) is 10.1 Å². The van der Waals surface area contributed by atoms with Crippen LogP contribution < -0.4 is 9.47 Å². The molecular weight excluding hydrogens is 374 g/mol. The minimum Gasteiger partial charge on any atom is -0.490 e. The van der Waals surface area contributed by atoms with Crippen molar-refractivity contribution in [1.29, 1.82) is 0 Å². The van der Waals surface area contributed by atoms with E-state index in [-0.39, 0.29) is 18.0 Å². The predicted octanol–water partition coefficient (Wildman–Crippen LogP) is 3.18. The Balaban J connectivity index is 2.63. The van der Waals surface area contributed by atoms with Crippen LogP contribution in [-0.2, 0) is 24.6 Å². The van der Waals surface area contributed by atoms with Crippen molar-refractivity contribution in [3.05, 3.63) is 27.8 Å². The van der Waals surface area contributed by atoms with E-state index in [2.05, 4.69) is 0 Å². The van der Waals surface area contributed by atoms with Crippen LogP contribution in [-0.4, -0.2) is 55.4 Å². The molecule has 0 aliphatic carbocycles. The Kier molecular flexibility index (Phi) is 10.3. The Bertz CT molecular complexity index is 586. The van der Waals surface area contributed by atoms with Crippen molar-refractivity contribution >= 4 is 14.5 Å².